The number of carbonyl (C=O) groups is 2. The number of carbonyl (C=O) groups excluding carboxylic acids is 1. The maximum Gasteiger partial charge on any atom is 0.311 e. The van der Waals surface area contributed by atoms with Gasteiger partial charge in [0.15, 0.2) is 11.5 Å². The molecule has 1 aromatic rings. The van der Waals surface area contributed by atoms with Crippen LogP contribution in [0.5, 0.6) is 11.5 Å². The van der Waals surface area contributed by atoms with E-state index in [9.17, 15) is 14.7 Å². The van der Waals surface area contributed by atoms with E-state index >= 15 is 0 Å². The molecule has 2 heterocycles. The smallest absolute Gasteiger partial charge is 0.311 e. The summed E-state index contributed by atoms with van der Waals surface area (Å²) >= 11 is 0. The zero-order chi connectivity index (χ0) is 16.7. The van der Waals surface area contributed by atoms with Crippen LogP contribution in [0, 0.1) is 11.3 Å². The molecule has 128 valence electrons. The van der Waals surface area contributed by atoms with Gasteiger partial charge >= 0.3 is 5.97 Å². The topological polar surface area (TPSA) is 76.1 Å². The van der Waals surface area contributed by atoms with Crippen molar-refractivity contribution in [2.24, 2.45) is 11.3 Å². The van der Waals surface area contributed by atoms with Crippen molar-refractivity contribution in [2.45, 2.75) is 25.7 Å². The minimum absolute atomic E-state index is 0.0123. The standard InChI is InChI=1S/C18H21NO5/c20-16(9-12-3-4-14-15(8-12)24-7-6-23-14)19-10-13-2-1-5-18(13,11-19)17(21)22/h3-4,8,13H,1-2,5-7,9-11H2,(H,21,22)/t13-,18+/m0/s1. The lowest BCUT2D eigenvalue weighted by Gasteiger charge is -2.23. The summed E-state index contributed by atoms with van der Waals surface area (Å²) in [7, 11) is 0. The highest BCUT2D eigenvalue weighted by Crippen LogP contribution is 2.49. The minimum Gasteiger partial charge on any atom is -0.486 e. The Hall–Kier alpha value is -2.24. The second-order valence-corrected chi connectivity index (χ2v) is 6.98. The van der Waals surface area contributed by atoms with Gasteiger partial charge in [0, 0.05) is 13.1 Å². The highest BCUT2D eigenvalue weighted by atomic mass is 16.6. The van der Waals surface area contributed by atoms with E-state index in [1.165, 1.54) is 0 Å². The van der Waals surface area contributed by atoms with E-state index in [1.807, 2.05) is 18.2 Å². The van der Waals surface area contributed by atoms with Crippen LogP contribution in [-0.2, 0) is 16.0 Å². The molecule has 2 aliphatic heterocycles. The minimum atomic E-state index is -0.750. The summed E-state index contributed by atoms with van der Waals surface area (Å²) in [4.78, 5) is 26.1. The van der Waals surface area contributed by atoms with Gasteiger partial charge in [0.1, 0.15) is 13.2 Å². The summed E-state index contributed by atoms with van der Waals surface area (Å²) in [5, 5.41) is 9.63. The quantitative estimate of drug-likeness (QED) is 0.912. The van der Waals surface area contributed by atoms with Gasteiger partial charge in [-0.3, -0.25) is 9.59 Å². The molecule has 2 atom stereocenters. The number of hydrogen-bond acceptors (Lipinski definition) is 4. The summed E-state index contributed by atoms with van der Waals surface area (Å²) < 4.78 is 11.0. The van der Waals surface area contributed by atoms with E-state index in [4.69, 9.17) is 9.47 Å². The lowest BCUT2D eigenvalue weighted by molar-refractivity contribution is -0.149. The van der Waals surface area contributed by atoms with Gasteiger partial charge in [0.25, 0.3) is 0 Å². The fraction of sp³-hybridized carbons (Fsp3) is 0.556. The molecule has 1 saturated heterocycles. The highest BCUT2D eigenvalue weighted by molar-refractivity contribution is 5.83. The van der Waals surface area contributed by atoms with Crippen molar-refractivity contribution < 1.29 is 24.2 Å². The van der Waals surface area contributed by atoms with Crippen LogP contribution in [0.4, 0.5) is 0 Å². The Bertz CT molecular complexity index is 688. The van der Waals surface area contributed by atoms with E-state index in [2.05, 4.69) is 0 Å². The fourth-order valence-corrected chi connectivity index (χ4v) is 4.31. The maximum atomic E-state index is 12.6. The summed E-state index contributed by atoms with van der Waals surface area (Å²) in [6, 6.07) is 5.54. The third kappa shape index (κ3) is 2.41. The number of aliphatic carboxylic acids is 1. The van der Waals surface area contributed by atoms with E-state index in [0.717, 1.165) is 18.4 Å². The Labute approximate surface area is 140 Å². The third-order valence-electron chi connectivity index (χ3n) is 5.61. The second kappa shape index (κ2) is 5.69. The number of nitrogens with zero attached hydrogens (tertiary/aromatic N) is 1. The summed E-state index contributed by atoms with van der Waals surface area (Å²) in [6.45, 7) is 1.96. The van der Waals surface area contributed by atoms with E-state index in [-0.39, 0.29) is 18.2 Å². The number of carboxylic acid groups (broad SMARTS) is 1. The monoisotopic (exact) mass is 331 g/mol. The summed E-state index contributed by atoms with van der Waals surface area (Å²) in [5.41, 5.74) is 0.147. The molecular formula is C18H21NO5. The molecule has 0 bridgehead atoms. The molecule has 1 aromatic carbocycles. The first-order chi connectivity index (χ1) is 11.6. The van der Waals surface area contributed by atoms with Crippen LogP contribution >= 0.6 is 0 Å². The Morgan fingerprint density at radius 2 is 2.04 bits per heavy atom. The summed E-state index contributed by atoms with van der Waals surface area (Å²) in [5.74, 6) is 0.713. The van der Waals surface area contributed by atoms with Crippen molar-refractivity contribution in [3.8, 4) is 11.5 Å². The lowest BCUT2D eigenvalue weighted by atomic mass is 9.81. The van der Waals surface area contributed by atoms with Crippen LogP contribution in [0.25, 0.3) is 0 Å². The average molecular weight is 331 g/mol. The van der Waals surface area contributed by atoms with Gasteiger partial charge in [-0.1, -0.05) is 12.5 Å². The Morgan fingerprint density at radius 3 is 2.79 bits per heavy atom. The van der Waals surface area contributed by atoms with Crippen molar-refractivity contribution in [3.05, 3.63) is 23.8 Å². The summed E-state index contributed by atoms with van der Waals surface area (Å²) in [6.07, 6.45) is 2.79. The van der Waals surface area contributed by atoms with Gasteiger partial charge in [-0.25, -0.2) is 0 Å². The average Bonchev–Trinajstić information content (AvgIpc) is 3.13. The van der Waals surface area contributed by atoms with Crippen molar-refractivity contribution in [1.82, 2.24) is 4.90 Å². The Balaban J connectivity index is 1.47. The zero-order valence-corrected chi connectivity index (χ0v) is 13.5. The number of likely N-dealkylation sites (tertiary alicyclic amines) is 1. The number of carboxylic acids is 1. The van der Waals surface area contributed by atoms with Crippen LogP contribution in [-0.4, -0.2) is 48.2 Å². The molecule has 24 heavy (non-hydrogen) atoms. The number of ether oxygens (including phenoxy) is 2. The van der Waals surface area contributed by atoms with E-state index in [1.54, 1.807) is 4.90 Å². The molecule has 0 aromatic heterocycles. The molecule has 0 unspecified atom stereocenters. The van der Waals surface area contributed by atoms with E-state index in [0.29, 0.717) is 44.2 Å². The van der Waals surface area contributed by atoms with Crippen molar-refractivity contribution in [1.29, 1.82) is 0 Å². The molecule has 6 nitrogen and oxygen atoms in total. The molecular weight excluding hydrogens is 310 g/mol. The van der Waals surface area contributed by atoms with Gasteiger partial charge in [-0.05, 0) is 36.5 Å². The van der Waals surface area contributed by atoms with Crippen LogP contribution < -0.4 is 9.47 Å². The van der Waals surface area contributed by atoms with Gasteiger partial charge in [0.2, 0.25) is 5.91 Å². The molecule has 4 rings (SSSR count). The molecule has 1 N–H and O–H groups in total. The van der Waals surface area contributed by atoms with Crippen LogP contribution in [0.2, 0.25) is 0 Å². The molecule has 2 fully saturated rings. The number of rotatable bonds is 3. The van der Waals surface area contributed by atoms with Gasteiger partial charge in [0.05, 0.1) is 11.8 Å². The van der Waals surface area contributed by atoms with Crippen LogP contribution in [0.3, 0.4) is 0 Å². The Kier molecular flexibility index (Phi) is 3.62. The predicted molar refractivity (Wildman–Crippen MR) is 85.1 cm³/mol. The molecule has 0 spiro atoms. The number of hydrogen-bond donors (Lipinski definition) is 1. The first-order valence-electron chi connectivity index (χ1n) is 8.48. The van der Waals surface area contributed by atoms with Crippen molar-refractivity contribution in [3.63, 3.8) is 0 Å². The largest absolute Gasteiger partial charge is 0.486 e. The van der Waals surface area contributed by atoms with Crippen LogP contribution in [0.1, 0.15) is 24.8 Å². The molecule has 1 saturated carbocycles. The van der Waals surface area contributed by atoms with Crippen molar-refractivity contribution in [2.75, 3.05) is 26.3 Å². The normalized spacial score (nSPS) is 27.8. The van der Waals surface area contributed by atoms with Gasteiger partial charge in [-0.15, -0.1) is 0 Å². The number of amides is 1. The van der Waals surface area contributed by atoms with E-state index < -0.39 is 11.4 Å². The first-order valence-corrected chi connectivity index (χ1v) is 8.48. The third-order valence-corrected chi connectivity index (χ3v) is 5.61. The Morgan fingerprint density at radius 1 is 1.25 bits per heavy atom. The molecule has 3 aliphatic rings. The SMILES string of the molecule is O=C(Cc1ccc2c(c1)OCCO2)N1C[C@@H]2CCC[C@@]2(C(=O)O)C1. The number of fused-ring (bicyclic) bond motifs is 2. The fourth-order valence-electron chi connectivity index (χ4n) is 4.31. The predicted octanol–water partition coefficient (Wildman–Crippen LogP) is 1.71. The highest BCUT2D eigenvalue weighted by Gasteiger charge is 2.55. The van der Waals surface area contributed by atoms with Gasteiger partial charge < -0.3 is 19.5 Å². The second-order valence-electron chi connectivity index (χ2n) is 6.98. The molecule has 6 heteroatoms. The zero-order valence-electron chi connectivity index (χ0n) is 13.5. The first kappa shape index (κ1) is 15.3. The van der Waals surface area contributed by atoms with Crippen molar-refractivity contribution >= 4 is 11.9 Å². The molecule has 1 aliphatic carbocycles. The van der Waals surface area contributed by atoms with Gasteiger partial charge in [-0.2, -0.15) is 0 Å². The molecule has 1 amide bonds. The maximum absolute atomic E-state index is 12.6. The lowest BCUT2D eigenvalue weighted by Crippen LogP contribution is -2.37. The molecule has 0 radical (unpaired) electrons. The van der Waals surface area contributed by atoms with Crippen LogP contribution in [0.15, 0.2) is 18.2 Å². The number of benzene rings is 1.